The summed E-state index contributed by atoms with van der Waals surface area (Å²) in [6, 6.07) is 2.69. The Labute approximate surface area is 118 Å². The molecule has 0 saturated heterocycles. The van der Waals surface area contributed by atoms with Gasteiger partial charge in [0.2, 0.25) is 0 Å². The van der Waals surface area contributed by atoms with E-state index in [1.807, 2.05) is 11.3 Å². The zero-order valence-electron chi connectivity index (χ0n) is 11.4. The number of halogens is 1. The van der Waals surface area contributed by atoms with Crippen LogP contribution in [-0.2, 0) is 6.42 Å². The summed E-state index contributed by atoms with van der Waals surface area (Å²) in [7, 11) is 4.29. The molecule has 1 unspecified atom stereocenters. The summed E-state index contributed by atoms with van der Waals surface area (Å²) in [5, 5.41) is 5.77. The topological polar surface area (TPSA) is 15.3 Å². The molecule has 17 heavy (non-hydrogen) atoms. The second-order valence-electron chi connectivity index (χ2n) is 5.09. The molecule has 0 fully saturated rings. The van der Waals surface area contributed by atoms with Crippen molar-refractivity contribution in [2.24, 2.45) is 0 Å². The van der Waals surface area contributed by atoms with Crippen molar-refractivity contribution in [3.63, 3.8) is 0 Å². The molecule has 0 aromatic carbocycles. The highest BCUT2D eigenvalue weighted by Crippen LogP contribution is 2.25. The lowest BCUT2D eigenvalue weighted by molar-refractivity contribution is 0.138. The van der Waals surface area contributed by atoms with Gasteiger partial charge in [-0.05, 0) is 62.9 Å². The van der Waals surface area contributed by atoms with Crippen molar-refractivity contribution in [2.75, 3.05) is 20.6 Å². The third-order valence-electron chi connectivity index (χ3n) is 3.48. The van der Waals surface area contributed by atoms with Crippen LogP contribution in [0.3, 0.4) is 0 Å². The molecule has 0 aliphatic carbocycles. The molecule has 1 atom stereocenters. The maximum Gasteiger partial charge on any atom is 0.0303 e. The van der Waals surface area contributed by atoms with Crippen LogP contribution in [0.2, 0.25) is 0 Å². The number of nitrogens with zero attached hydrogens (tertiary/aromatic N) is 1. The Morgan fingerprint density at radius 3 is 2.53 bits per heavy atom. The number of hydrogen-bond donors (Lipinski definition) is 1. The van der Waals surface area contributed by atoms with Crippen LogP contribution < -0.4 is 5.32 Å². The molecular weight excluding hydrogens is 296 g/mol. The number of thiophene rings is 1. The van der Waals surface area contributed by atoms with E-state index in [0.717, 1.165) is 13.0 Å². The van der Waals surface area contributed by atoms with E-state index in [0.29, 0.717) is 6.04 Å². The minimum atomic E-state index is 0.145. The molecule has 4 heteroatoms. The summed E-state index contributed by atoms with van der Waals surface area (Å²) in [6.45, 7) is 7.77. The monoisotopic (exact) mass is 318 g/mol. The number of hydrogen-bond acceptors (Lipinski definition) is 3. The van der Waals surface area contributed by atoms with E-state index in [1.165, 1.54) is 9.35 Å². The Bertz CT molecular complexity index is 347. The van der Waals surface area contributed by atoms with Crippen molar-refractivity contribution in [3.05, 3.63) is 20.8 Å². The van der Waals surface area contributed by atoms with Crippen LogP contribution in [0.4, 0.5) is 0 Å². The highest BCUT2D eigenvalue weighted by molar-refractivity contribution is 9.10. The van der Waals surface area contributed by atoms with E-state index < -0.39 is 0 Å². The van der Waals surface area contributed by atoms with E-state index in [9.17, 15) is 0 Å². The smallest absolute Gasteiger partial charge is 0.0303 e. The molecule has 0 spiro atoms. The number of nitrogens with one attached hydrogen (secondary N) is 1. The van der Waals surface area contributed by atoms with Gasteiger partial charge in [-0.2, -0.15) is 0 Å². The van der Waals surface area contributed by atoms with Crippen molar-refractivity contribution >= 4 is 27.3 Å². The molecule has 0 aliphatic rings. The third kappa shape index (κ3) is 4.05. The number of rotatable bonds is 6. The molecule has 1 heterocycles. The molecule has 1 aromatic rings. The molecule has 1 rings (SSSR count). The van der Waals surface area contributed by atoms with E-state index in [4.69, 9.17) is 0 Å². The molecule has 0 saturated carbocycles. The van der Waals surface area contributed by atoms with Crippen LogP contribution in [-0.4, -0.2) is 37.1 Å². The van der Waals surface area contributed by atoms with Crippen molar-refractivity contribution in [2.45, 2.75) is 38.8 Å². The molecule has 1 aromatic heterocycles. The predicted octanol–water partition coefficient (Wildman–Crippen LogP) is 3.37. The molecule has 0 aliphatic heterocycles. The number of likely N-dealkylation sites (N-methyl/N-ethyl adjacent to an activating group) is 2. The van der Waals surface area contributed by atoms with Gasteiger partial charge in [-0.25, -0.2) is 0 Å². The summed E-state index contributed by atoms with van der Waals surface area (Å²) < 4.78 is 1.19. The molecule has 2 nitrogen and oxygen atoms in total. The first kappa shape index (κ1) is 15.2. The molecular formula is C13H23BrN2S. The largest absolute Gasteiger partial charge is 0.312 e. The Morgan fingerprint density at radius 1 is 1.47 bits per heavy atom. The first-order chi connectivity index (χ1) is 7.87. The van der Waals surface area contributed by atoms with Crippen LogP contribution in [0.15, 0.2) is 15.9 Å². The van der Waals surface area contributed by atoms with Crippen molar-refractivity contribution in [1.29, 1.82) is 0 Å². The zero-order chi connectivity index (χ0) is 13.1. The van der Waals surface area contributed by atoms with Gasteiger partial charge in [0.1, 0.15) is 0 Å². The quantitative estimate of drug-likeness (QED) is 0.865. The van der Waals surface area contributed by atoms with Crippen LogP contribution in [0.25, 0.3) is 0 Å². The Morgan fingerprint density at radius 2 is 2.12 bits per heavy atom. The molecule has 0 radical (unpaired) electrons. The first-order valence-corrected chi connectivity index (χ1v) is 7.69. The van der Waals surface area contributed by atoms with E-state index >= 15 is 0 Å². The average molecular weight is 319 g/mol. The third-order valence-corrected chi connectivity index (χ3v) is 5.20. The van der Waals surface area contributed by atoms with Gasteiger partial charge < -0.3 is 10.2 Å². The zero-order valence-corrected chi connectivity index (χ0v) is 13.8. The summed E-state index contributed by atoms with van der Waals surface area (Å²) in [5.74, 6) is 0. The highest BCUT2D eigenvalue weighted by atomic mass is 79.9. The van der Waals surface area contributed by atoms with Gasteiger partial charge in [0.15, 0.2) is 0 Å². The lowest BCUT2D eigenvalue weighted by Crippen LogP contribution is -2.56. The SMILES string of the molecule is CCNC(Cc1cc(Br)cs1)C(C)(C)N(C)C. The van der Waals surface area contributed by atoms with Crippen molar-refractivity contribution in [1.82, 2.24) is 10.2 Å². The van der Waals surface area contributed by atoms with Gasteiger partial charge in [0.05, 0.1) is 0 Å². The molecule has 98 valence electrons. The van der Waals surface area contributed by atoms with Gasteiger partial charge in [0.25, 0.3) is 0 Å². The van der Waals surface area contributed by atoms with Gasteiger partial charge in [-0.15, -0.1) is 11.3 Å². The molecule has 1 N–H and O–H groups in total. The van der Waals surface area contributed by atoms with Crippen molar-refractivity contribution < 1.29 is 0 Å². The van der Waals surface area contributed by atoms with Gasteiger partial charge >= 0.3 is 0 Å². The van der Waals surface area contributed by atoms with Gasteiger partial charge in [-0.1, -0.05) is 6.92 Å². The summed E-state index contributed by atoms with van der Waals surface area (Å²) in [5.41, 5.74) is 0.145. The van der Waals surface area contributed by atoms with Crippen molar-refractivity contribution in [3.8, 4) is 0 Å². The van der Waals surface area contributed by atoms with Crippen LogP contribution in [0.5, 0.6) is 0 Å². The van der Waals surface area contributed by atoms with E-state index in [2.05, 4.69) is 72.5 Å². The Kier molecular flexibility index (Phi) is 5.64. The Hall–Kier alpha value is 0.1000. The summed E-state index contributed by atoms with van der Waals surface area (Å²) >= 11 is 5.35. The fourth-order valence-corrected chi connectivity index (χ4v) is 3.29. The first-order valence-electron chi connectivity index (χ1n) is 6.01. The van der Waals surface area contributed by atoms with E-state index in [1.54, 1.807) is 0 Å². The lowest BCUT2D eigenvalue weighted by atomic mass is 9.90. The average Bonchev–Trinajstić information content (AvgIpc) is 2.63. The van der Waals surface area contributed by atoms with Gasteiger partial charge in [-0.3, -0.25) is 0 Å². The van der Waals surface area contributed by atoms with E-state index in [-0.39, 0.29) is 5.54 Å². The second-order valence-corrected chi connectivity index (χ2v) is 7.01. The lowest BCUT2D eigenvalue weighted by Gasteiger charge is -2.40. The normalized spacial score (nSPS) is 14.3. The standard InChI is InChI=1S/C13H23BrN2S/c1-6-15-12(13(2,3)16(4)5)8-11-7-10(14)9-17-11/h7,9,12,15H,6,8H2,1-5H3. The fourth-order valence-electron chi connectivity index (χ4n) is 1.79. The minimum Gasteiger partial charge on any atom is -0.312 e. The Balaban J connectivity index is 2.79. The van der Waals surface area contributed by atoms with Gasteiger partial charge in [0, 0.05) is 26.3 Å². The second kappa shape index (κ2) is 6.32. The predicted molar refractivity (Wildman–Crippen MR) is 81.0 cm³/mol. The maximum atomic E-state index is 3.61. The maximum absolute atomic E-state index is 3.61. The van der Waals surface area contributed by atoms with Crippen LogP contribution >= 0.6 is 27.3 Å². The summed E-state index contributed by atoms with van der Waals surface area (Å²) in [6.07, 6.45) is 1.08. The minimum absolute atomic E-state index is 0.145. The molecule has 0 bridgehead atoms. The molecule has 0 amide bonds. The highest BCUT2D eigenvalue weighted by Gasteiger charge is 2.31. The van der Waals surface area contributed by atoms with Crippen LogP contribution in [0.1, 0.15) is 25.6 Å². The summed E-state index contributed by atoms with van der Waals surface area (Å²) in [4.78, 5) is 3.72. The van der Waals surface area contributed by atoms with Crippen LogP contribution in [0, 0.1) is 0 Å². The fraction of sp³-hybridized carbons (Fsp3) is 0.692.